The second kappa shape index (κ2) is 5.15. The third kappa shape index (κ3) is 3.22. The number of aryl methyl sites for hydroxylation is 1. The Hall–Kier alpha value is -0.560. The number of pyridine rings is 1. The molecule has 0 spiro atoms. The summed E-state index contributed by atoms with van der Waals surface area (Å²) in [6.07, 6.45) is 4.78. The molecule has 0 saturated heterocycles. The van der Waals surface area contributed by atoms with Gasteiger partial charge in [-0.05, 0) is 25.0 Å². The maximum Gasteiger partial charge on any atom is 0.129 e. The topological polar surface area (TPSA) is 12.9 Å². The summed E-state index contributed by atoms with van der Waals surface area (Å²) in [5, 5.41) is 0.601. The Labute approximate surface area is 78.8 Å². The molecule has 0 aliphatic carbocycles. The first-order valence-electron chi connectivity index (χ1n) is 4.44. The number of aromatic nitrogens is 1. The Morgan fingerprint density at radius 2 is 2.17 bits per heavy atom. The Morgan fingerprint density at radius 1 is 1.33 bits per heavy atom. The lowest BCUT2D eigenvalue weighted by molar-refractivity contribution is 0.707. The molecule has 2 heteroatoms. The summed E-state index contributed by atoms with van der Waals surface area (Å²) in [6, 6.07) is 5.79. The normalized spacial score (nSPS) is 10.2. The minimum Gasteiger partial charge on any atom is -0.241 e. The average molecular weight is 184 g/mol. The molecule has 0 N–H and O–H groups in total. The van der Waals surface area contributed by atoms with Crippen molar-refractivity contribution < 1.29 is 0 Å². The zero-order valence-electron chi connectivity index (χ0n) is 7.39. The molecule has 0 fully saturated rings. The van der Waals surface area contributed by atoms with E-state index >= 15 is 0 Å². The quantitative estimate of drug-likeness (QED) is 0.515. The van der Waals surface area contributed by atoms with Crippen LogP contribution < -0.4 is 0 Å². The van der Waals surface area contributed by atoms with Crippen LogP contribution in [-0.4, -0.2) is 4.98 Å². The van der Waals surface area contributed by atoms with Gasteiger partial charge in [0.05, 0.1) is 0 Å². The molecule has 0 atom stereocenters. The molecule has 0 aliphatic rings. The molecule has 0 radical (unpaired) electrons. The predicted octanol–water partition coefficient (Wildman–Crippen LogP) is 3.47. The van der Waals surface area contributed by atoms with Gasteiger partial charge in [0, 0.05) is 5.69 Å². The smallest absolute Gasteiger partial charge is 0.129 e. The van der Waals surface area contributed by atoms with Gasteiger partial charge in [-0.25, -0.2) is 4.98 Å². The first kappa shape index (κ1) is 9.53. The van der Waals surface area contributed by atoms with Gasteiger partial charge in [0.1, 0.15) is 5.15 Å². The average Bonchev–Trinajstić information content (AvgIpc) is 2.05. The van der Waals surface area contributed by atoms with Crippen molar-refractivity contribution in [3.05, 3.63) is 29.0 Å². The van der Waals surface area contributed by atoms with Crippen LogP contribution in [0.4, 0.5) is 0 Å². The highest BCUT2D eigenvalue weighted by Gasteiger charge is 1.94. The van der Waals surface area contributed by atoms with E-state index in [1.54, 1.807) is 0 Å². The summed E-state index contributed by atoms with van der Waals surface area (Å²) in [5.74, 6) is 0. The fraction of sp³-hybridized carbons (Fsp3) is 0.500. The Morgan fingerprint density at radius 3 is 2.83 bits per heavy atom. The molecular weight excluding hydrogens is 170 g/mol. The lowest BCUT2D eigenvalue weighted by Gasteiger charge is -1.99. The Kier molecular flexibility index (Phi) is 4.09. The molecule has 0 aliphatic heterocycles. The summed E-state index contributed by atoms with van der Waals surface area (Å²) in [6.45, 7) is 2.20. The van der Waals surface area contributed by atoms with E-state index in [1.165, 1.54) is 19.3 Å². The lowest BCUT2D eigenvalue weighted by atomic mass is 10.1. The molecule has 66 valence electrons. The van der Waals surface area contributed by atoms with E-state index in [9.17, 15) is 0 Å². The maximum absolute atomic E-state index is 5.75. The molecule has 1 aromatic rings. The van der Waals surface area contributed by atoms with Crippen LogP contribution in [0, 0.1) is 0 Å². The van der Waals surface area contributed by atoms with Crippen molar-refractivity contribution in [2.75, 3.05) is 0 Å². The fourth-order valence-electron chi connectivity index (χ4n) is 1.15. The predicted molar refractivity (Wildman–Crippen MR) is 52.5 cm³/mol. The molecule has 1 aromatic heterocycles. The summed E-state index contributed by atoms with van der Waals surface area (Å²) in [4.78, 5) is 4.21. The lowest BCUT2D eigenvalue weighted by Crippen LogP contribution is -1.89. The number of hydrogen-bond acceptors (Lipinski definition) is 1. The highest BCUT2D eigenvalue weighted by atomic mass is 35.5. The van der Waals surface area contributed by atoms with Crippen molar-refractivity contribution in [2.45, 2.75) is 32.6 Å². The summed E-state index contributed by atoms with van der Waals surface area (Å²) >= 11 is 5.75. The van der Waals surface area contributed by atoms with Crippen LogP contribution in [0.2, 0.25) is 5.15 Å². The van der Waals surface area contributed by atoms with Crippen molar-refractivity contribution in [2.24, 2.45) is 0 Å². The van der Waals surface area contributed by atoms with Crippen molar-refractivity contribution in [3.63, 3.8) is 0 Å². The maximum atomic E-state index is 5.75. The van der Waals surface area contributed by atoms with Crippen molar-refractivity contribution in [1.29, 1.82) is 0 Å². The molecule has 0 amide bonds. The minimum absolute atomic E-state index is 0.601. The molecule has 0 unspecified atom stereocenters. The van der Waals surface area contributed by atoms with Crippen LogP contribution in [0.5, 0.6) is 0 Å². The van der Waals surface area contributed by atoms with Gasteiger partial charge >= 0.3 is 0 Å². The third-order valence-electron chi connectivity index (χ3n) is 1.81. The number of hydrogen-bond donors (Lipinski definition) is 0. The molecule has 0 saturated carbocycles. The highest BCUT2D eigenvalue weighted by molar-refractivity contribution is 6.29. The minimum atomic E-state index is 0.601. The van der Waals surface area contributed by atoms with Crippen molar-refractivity contribution >= 4 is 11.6 Å². The second-order valence-corrected chi connectivity index (χ2v) is 3.30. The highest BCUT2D eigenvalue weighted by Crippen LogP contribution is 2.08. The van der Waals surface area contributed by atoms with E-state index < -0.39 is 0 Å². The fourth-order valence-corrected chi connectivity index (χ4v) is 1.33. The molecular formula is C10H14ClN. The van der Waals surface area contributed by atoms with Crippen LogP contribution in [0.3, 0.4) is 0 Å². The first-order valence-corrected chi connectivity index (χ1v) is 4.82. The molecule has 12 heavy (non-hydrogen) atoms. The SMILES string of the molecule is CCCCCc1cccc(Cl)n1. The number of rotatable bonds is 4. The van der Waals surface area contributed by atoms with Crippen LogP contribution in [0.15, 0.2) is 18.2 Å². The monoisotopic (exact) mass is 183 g/mol. The number of nitrogens with zero attached hydrogens (tertiary/aromatic N) is 1. The first-order chi connectivity index (χ1) is 5.83. The summed E-state index contributed by atoms with van der Waals surface area (Å²) in [7, 11) is 0. The van der Waals surface area contributed by atoms with Crippen LogP contribution in [-0.2, 0) is 6.42 Å². The molecule has 0 bridgehead atoms. The largest absolute Gasteiger partial charge is 0.241 e. The molecule has 0 aromatic carbocycles. The van der Waals surface area contributed by atoms with Crippen molar-refractivity contribution in [3.8, 4) is 0 Å². The van der Waals surface area contributed by atoms with Crippen LogP contribution >= 0.6 is 11.6 Å². The Balaban J connectivity index is 2.41. The molecule has 1 rings (SSSR count). The second-order valence-electron chi connectivity index (χ2n) is 2.91. The van der Waals surface area contributed by atoms with E-state index in [0.29, 0.717) is 5.15 Å². The van der Waals surface area contributed by atoms with Crippen LogP contribution in [0.1, 0.15) is 31.9 Å². The van der Waals surface area contributed by atoms with E-state index in [0.717, 1.165) is 12.1 Å². The van der Waals surface area contributed by atoms with Gasteiger partial charge in [0.2, 0.25) is 0 Å². The molecule has 1 heterocycles. The van der Waals surface area contributed by atoms with Gasteiger partial charge in [-0.3, -0.25) is 0 Å². The van der Waals surface area contributed by atoms with Gasteiger partial charge in [-0.15, -0.1) is 0 Å². The van der Waals surface area contributed by atoms with E-state index in [1.807, 2.05) is 18.2 Å². The van der Waals surface area contributed by atoms with Crippen molar-refractivity contribution in [1.82, 2.24) is 4.98 Å². The van der Waals surface area contributed by atoms with Gasteiger partial charge < -0.3 is 0 Å². The van der Waals surface area contributed by atoms with Gasteiger partial charge in [0.25, 0.3) is 0 Å². The van der Waals surface area contributed by atoms with E-state index in [-0.39, 0.29) is 0 Å². The van der Waals surface area contributed by atoms with Gasteiger partial charge in [-0.2, -0.15) is 0 Å². The standard InChI is InChI=1S/C10H14ClN/c1-2-3-4-6-9-7-5-8-10(11)12-9/h5,7-8H,2-4,6H2,1H3. The van der Waals surface area contributed by atoms with E-state index in [2.05, 4.69) is 11.9 Å². The zero-order chi connectivity index (χ0) is 8.81. The molecule has 1 nitrogen and oxygen atoms in total. The zero-order valence-corrected chi connectivity index (χ0v) is 8.14. The van der Waals surface area contributed by atoms with Crippen LogP contribution in [0.25, 0.3) is 0 Å². The van der Waals surface area contributed by atoms with Gasteiger partial charge in [-0.1, -0.05) is 37.4 Å². The summed E-state index contributed by atoms with van der Waals surface area (Å²) in [5.41, 5.74) is 1.11. The van der Waals surface area contributed by atoms with Gasteiger partial charge in [0.15, 0.2) is 0 Å². The number of unbranched alkanes of at least 4 members (excludes halogenated alkanes) is 2. The summed E-state index contributed by atoms with van der Waals surface area (Å²) < 4.78 is 0. The number of halogens is 1. The third-order valence-corrected chi connectivity index (χ3v) is 2.02. The van der Waals surface area contributed by atoms with E-state index in [4.69, 9.17) is 11.6 Å². The Bertz CT molecular complexity index is 235.